The van der Waals surface area contributed by atoms with Crippen molar-refractivity contribution in [3.63, 3.8) is 0 Å². The van der Waals surface area contributed by atoms with Gasteiger partial charge in [-0.15, -0.1) is 0 Å². The summed E-state index contributed by atoms with van der Waals surface area (Å²) < 4.78 is 2.95. The molecule has 1 N–H and O–H groups in total. The van der Waals surface area contributed by atoms with E-state index in [2.05, 4.69) is 20.9 Å². The Labute approximate surface area is 115 Å². The van der Waals surface area contributed by atoms with Crippen molar-refractivity contribution in [2.24, 2.45) is 5.92 Å². The molecule has 0 bridgehead atoms. The lowest BCUT2D eigenvalue weighted by Crippen LogP contribution is -2.18. The van der Waals surface area contributed by atoms with E-state index in [0.717, 1.165) is 28.5 Å². The number of aliphatic hydroxyl groups excluding tert-OH is 1. The summed E-state index contributed by atoms with van der Waals surface area (Å²) in [5.41, 5.74) is 1.97. The summed E-state index contributed by atoms with van der Waals surface area (Å²) in [6, 6.07) is 4.01. The lowest BCUT2D eigenvalue weighted by atomic mass is 9.84. The first-order valence-electron chi connectivity index (χ1n) is 6.56. The fourth-order valence-corrected chi connectivity index (χ4v) is 3.50. The zero-order valence-corrected chi connectivity index (χ0v) is 11.8. The maximum Gasteiger partial charge on any atom is 0.0995 e. The molecule has 18 heavy (non-hydrogen) atoms. The van der Waals surface area contributed by atoms with Gasteiger partial charge in [-0.2, -0.15) is 0 Å². The SMILES string of the molecule is O[C@@H](c1c(Br)ccc2cncn12)C1CCCCC1. The van der Waals surface area contributed by atoms with Gasteiger partial charge in [-0.05, 0) is 46.8 Å². The van der Waals surface area contributed by atoms with Crippen molar-refractivity contribution in [3.8, 4) is 0 Å². The normalized spacial score (nSPS) is 19.2. The van der Waals surface area contributed by atoms with Crippen LogP contribution in [0, 0.1) is 5.92 Å². The zero-order valence-electron chi connectivity index (χ0n) is 10.2. The van der Waals surface area contributed by atoms with E-state index in [0.29, 0.717) is 5.92 Å². The molecule has 0 unspecified atom stereocenters. The highest BCUT2D eigenvalue weighted by molar-refractivity contribution is 9.10. The summed E-state index contributed by atoms with van der Waals surface area (Å²) in [4.78, 5) is 4.16. The fourth-order valence-electron chi connectivity index (χ4n) is 2.95. The van der Waals surface area contributed by atoms with Crippen LogP contribution in [0.25, 0.3) is 5.52 Å². The predicted octanol–water partition coefficient (Wildman–Crippen LogP) is 3.71. The van der Waals surface area contributed by atoms with Gasteiger partial charge in [-0.25, -0.2) is 4.98 Å². The van der Waals surface area contributed by atoms with E-state index in [1.807, 2.05) is 22.7 Å². The molecule has 3 rings (SSSR count). The summed E-state index contributed by atoms with van der Waals surface area (Å²) in [7, 11) is 0. The first-order chi connectivity index (χ1) is 8.77. The number of nitrogens with zero attached hydrogens (tertiary/aromatic N) is 2. The maximum atomic E-state index is 10.7. The Morgan fingerprint density at radius 2 is 2.06 bits per heavy atom. The molecule has 1 fully saturated rings. The number of pyridine rings is 1. The minimum Gasteiger partial charge on any atom is -0.387 e. The number of hydrogen-bond acceptors (Lipinski definition) is 2. The number of aliphatic hydroxyl groups is 1. The summed E-state index contributed by atoms with van der Waals surface area (Å²) in [5.74, 6) is 0.378. The summed E-state index contributed by atoms with van der Waals surface area (Å²) in [5, 5.41) is 10.7. The Kier molecular flexibility index (Phi) is 3.39. The largest absolute Gasteiger partial charge is 0.387 e. The molecule has 0 aliphatic heterocycles. The van der Waals surface area contributed by atoms with Crippen LogP contribution in [0.1, 0.15) is 43.9 Å². The molecular weight excluding hydrogens is 292 g/mol. The quantitative estimate of drug-likeness (QED) is 0.918. The Bertz CT molecular complexity index is 546. The van der Waals surface area contributed by atoms with Gasteiger partial charge in [0.1, 0.15) is 0 Å². The monoisotopic (exact) mass is 308 g/mol. The van der Waals surface area contributed by atoms with Crippen molar-refractivity contribution < 1.29 is 5.11 Å². The number of imidazole rings is 1. The highest BCUT2D eigenvalue weighted by Gasteiger charge is 2.26. The van der Waals surface area contributed by atoms with E-state index in [1.54, 1.807) is 6.33 Å². The van der Waals surface area contributed by atoms with Crippen molar-refractivity contribution in [2.75, 3.05) is 0 Å². The average Bonchev–Trinajstić information content (AvgIpc) is 2.87. The molecule has 2 aromatic rings. The Balaban J connectivity index is 2.01. The van der Waals surface area contributed by atoms with Crippen LogP contribution in [0.4, 0.5) is 0 Å². The molecule has 96 valence electrons. The van der Waals surface area contributed by atoms with Crippen LogP contribution in [-0.4, -0.2) is 14.5 Å². The molecule has 0 radical (unpaired) electrons. The standard InChI is InChI=1S/C14H17BrN2O/c15-12-7-6-11-8-16-9-17(11)13(12)14(18)10-4-2-1-3-5-10/h6-10,14,18H,1-5H2/t14-/m1/s1. The zero-order chi connectivity index (χ0) is 12.5. The number of hydrogen-bond donors (Lipinski definition) is 1. The summed E-state index contributed by atoms with van der Waals surface area (Å²) in [6.45, 7) is 0. The van der Waals surface area contributed by atoms with Gasteiger partial charge in [0.25, 0.3) is 0 Å². The van der Waals surface area contributed by atoms with Gasteiger partial charge in [0, 0.05) is 4.47 Å². The van der Waals surface area contributed by atoms with Crippen molar-refractivity contribution in [1.82, 2.24) is 9.38 Å². The first-order valence-corrected chi connectivity index (χ1v) is 7.35. The van der Waals surface area contributed by atoms with Crippen LogP contribution in [0.3, 0.4) is 0 Å². The van der Waals surface area contributed by atoms with Gasteiger partial charge in [0.15, 0.2) is 0 Å². The van der Waals surface area contributed by atoms with Gasteiger partial charge in [0.05, 0.1) is 29.8 Å². The molecule has 1 atom stereocenters. The van der Waals surface area contributed by atoms with Crippen molar-refractivity contribution in [3.05, 3.63) is 34.8 Å². The Morgan fingerprint density at radius 1 is 1.28 bits per heavy atom. The van der Waals surface area contributed by atoms with E-state index in [9.17, 15) is 5.11 Å². The van der Waals surface area contributed by atoms with E-state index in [4.69, 9.17) is 0 Å². The fraction of sp³-hybridized carbons (Fsp3) is 0.500. The van der Waals surface area contributed by atoms with E-state index in [1.165, 1.54) is 19.3 Å². The average molecular weight is 309 g/mol. The molecule has 2 heterocycles. The summed E-state index contributed by atoms with van der Waals surface area (Å²) in [6.07, 6.45) is 9.22. The minimum absolute atomic E-state index is 0.378. The summed E-state index contributed by atoms with van der Waals surface area (Å²) >= 11 is 3.56. The topological polar surface area (TPSA) is 37.5 Å². The molecule has 3 nitrogen and oxygen atoms in total. The molecule has 1 aliphatic rings. The minimum atomic E-state index is -0.405. The molecule has 2 aromatic heterocycles. The highest BCUT2D eigenvalue weighted by Crippen LogP contribution is 2.37. The van der Waals surface area contributed by atoms with Gasteiger partial charge in [-0.1, -0.05) is 19.3 Å². The molecule has 0 spiro atoms. The van der Waals surface area contributed by atoms with Crippen LogP contribution in [0.5, 0.6) is 0 Å². The van der Waals surface area contributed by atoms with Crippen LogP contribution in [-0.2, 0) is 0 Å². The van der Waals surface area contributed by atoms with Gasteiger partial charge in [-0.3, -0.25) is 4.40 Å². The predicted molar refractivity (Wildman–Crippen MR) is 74.4 cm³/mol. The van der Waals surface area contributed by atoms with E-state index in [-0.39, 0.29) is 0 Å². The Hall–Kier alpha value is -0.870. The molecule has 1 saturated carbocycles. The van der Waals surface area contributed by atoms with Gasteiger partial charge < -0.3 is 5.11 Å². The lowest BCUT2D eigenvalue weighted by Gasteiger charge is -2.27. The third-order valence-electron chi connectivity index (χ3n) is 3.95. The van der Waals surface area contributed by atoms with Crippen LogP contribution >= 0.6 is 15.9 Å². The Morgan fingerprint density at radius 3 is 2.83 bits per heavy atom. The third kappa shape index (κ3) is 2.08. The molecule has 4 heteroatoms. The third-order valence-corrected chi connectivity index (χ3v) is 4.62. The van der Waals surface area contributed by atoms with Crippen molar-refractivity contribution in [1.29, 1.82) is 0 Å². The molecule has 0 saturated heterocycles. The number of aromatic nitrogens is 2. The second-order valence-electron chi connectivity index (χ2n) is 5.10. The van der Waals surface area contributed by atoms with Crippen LogP contribution < -0.4 is 0 Å². The van der Waals surface area contributed by atoms with Crippen molar-refractivity contribution in [2.45, 2.75) is 38.2 Å². The van der Waals surface area contributed by atoms with E-state index >= 15 is 0 Å². The van der Waals surface area contributed by atoms with Gasteiger partial charge >= 0.3 is 0 Å². The first kappa shape index (κ1) is 12.2. The number of halogens is 1. The number of fused-ring (bicyclic) bond motifs is 1. The second kappa shape index (κ2) is 5.02. The number of rotatable bonds is 2. The van der Waals surface area contributed by atoms with Gasteiger partial charge in [0.2, 0.25) is 0 Å². The van der Waals surface area contributed by atoms with Crippen LogP contribution in [0.2, 0.25) is 0 Å². The smallest absolute Gasteiger partial charge is 0.0995 e. The molecule has 0 amide bonds. The van der Waals surface area contributed by atoms with Crippen molar-refractivity contribution >= 4 is 21.4 Å². The molecule has 1 aliphatic carbocycles. The molecule has 0 aromatic carbocycles. The highest BCUT2D eigenvalue weighted by atomic mass is 79.9. The second-order valence-corrected chi connectivity index (χ2v) is 5.95. The maximum absolute atomic E-state index is 10.7. The lowest BCUT2D eigenvalue weighted by molar-refractivity contribution is 0.0795. The van der Waals surface area contributed by atoms with E-state index < -0.39 is 6.10 Å². The van der Waals surface area contributed by atoms with Crippen LogP contribution in [0.15, 0.2) is 29.1 Å². The molecular formula is C14H17BrN2O.